The Labute approximate surface area is 115 Å². The molecular weight excluding hydrogens is 263 g/mol. The van der Waals surface area contributed by atoms with Crippen LogP contribution in [0.25, 0.3) is 11.3 Å². The SMILES string of the molecule is COC(=O)c1c(-c2cccc(F)c2)nn(C(C)=O)c1C. The second kappa shape index (κ2) is 5.24. The minimum absolute atomic E-state index is 0.160. The van der Waals surface area contributed by atoms with Gasteiger partial charge >= 0.3 is 5.97 Å². The van der Waals surface area contributed by atoms with Gasteiger partial charge in [0, 0.05) is 12.5 Å². The molecule has 0 aliphatic heterocycles. The lowest BCUT2D eigenvalue weighted by molar-refractivity contribution is 0.0601. The van der Waals surface area contributed by atoms with Gasteiger partial charge < -0.3 is 4.74 Å². The van der Waals surface area contributed by atoms with E-state index in [-0.39, 0.29) is 17.2 Å². The Morgan fingerprint density at radius 1 is 1.35 bits per heavy atom. The molecule has 1 aromatic carbocycles. The van der Waals surface area contributed by atoms with E-state index in [4.69, 9.17) is 4.74 Å². The second-order valence-corrected chi connectivity index (χ2v) is 4.24. The van der Waals surface area contributed by atoms with Crippen molar-refractivity contribution in [2.24, 2.45) is 0 Å². The van der Waals surface area contributed by atoms with Crippen molar-refractivity contribution in [2.45, 2.75) is 13.8 Å². The molecule has 2 aromatic rings. The smallest absolute Gasteiger partial charge is 0.342 e. The van der Waals surface area contributed by atoms with Gasteiger partial charge in [0.25, 0.3) is 0 Å². The molecular formula is C14H13FN2O3. The Bertz CT molecular complexity index is 692. The summed E-state index contributed by atoms with van der Waals surface area (Å²) in [5.41, 5.74) is 1.16. The van der Waals surface area contributed by atoms with E-state index in [0.29, 0.717) is 11.3 Å². The summed E-state index contributed by atoms with van der Waals surface area (Å²) in [5.74, 6) is -1.40. The molecule has 0 radical (unpaired) electrons. The third kappa shape index (κ3) is 2.32. The summed E-state index contributed by atoms with van der Waals surface area (Å²) in [7, 11) is 1.24. The van der Waals surface area contributed by atoms with Crippen molar-refractivity contribution in [1.82, 2.24) is 9.78 Å². The maximum absolute atomic E-state index is 13.3. The van der Waals surface area contributed by atoms with Crippen LogP contribution in [0, 0.1) is 12.7 Å². The van der Waals surface area contributed by atoms with Gasteiger partial charge in [-0.1, -0.05) is 12.1 Å². The van der Waals surface area contributed by atoms with E-state index in [1.54, 1.807) is 13.0 Å². The largest absolute Gasteiger partial charge is 0.465 e. The number of ether oxygens (including phenoxy) is 1. The molecule has 0 bridgehead atoms. The van der Waals surface area contributed by atoms with Crippen molar-refractivity contribution in [3.05, 3.63) is 41.3 Å². The summed E-state index contributed by atoms with van der Waals surface area (Å²) in [6.07, 6.45) is 0. The first-order valence-corrected chi connectivity index (χ1v) is 5.90. The average Bonchev–Trinajstić information content (AvgIpc) is 2.75. The summed E-state index contributed by atoms with van der Waals surface area (Å²) in [6, 6.07) is 5.66. The first kappa shape index (κ1) is 13.9. The van der Waals surface area contributed by atoms with Crippen LogP contribution in [0.4, 0.5) is 4.39 Å². The molecule has 20 heavy (non-hydrogen) atoms. The topological polar surface area (TPSA) is 61.2 Å². The van der Waals surface area contributed by atoms with E-state index in [1.807, 2.05) is 0 Å². The normalized spacial score (nSPS) is 10.4. The standard InChI is InChI=1S/C14H13FN2O3/c1-8-12(14(19)20-3)13(16-17(8)9(2)18)10-5-4-6-11(15)7-10/h4-7H,1-3H3. The zero-order valence-electron chi connectivity index (χ0n) is 11.3. The van der Waals surface area contributed by atoms with Crippen molar-refractivity contribution in [1.29, 1.82) is 0 Å². The lowest BCUT2D eigenvalue weighted by Gasteiger charge is -2.02. The van der Waals surface area contributed by atoms with Gasteiger partial charge in [-0.25, -0.2) is 13.9 Å². The molecule has 0 N–H and O–H groups in total. The first-order valence-electron chi connectivity index (χ1n) is 5.90. The molecule has 0 atom stereocenters. The van der Waals surface area contributed by atoms with Gasteiger partial charge in [0.05, 0.1) is 12.8 Å². The maximum atomic E-state index is 13.3. The molecule has 1 heterocycles. The number of esters is 1. The van der Waals surface area contributed by atoms with Crippen LogP contribution in [0.2, 0.25) is 0 Å². The van der Waals surface area contributed by atoms with Crippen molar-refractivity contribution in [3.8, 4) is 11.3 Å². The van der Waals surface area contributed by atoms with Gasteiger partial charge in [0.15, 0.2) is 0 Å². The number of benzene rings is 1. The highest BCUT2D eigenvalue weighted by Crippen LogP contribution is 2.26. The quantitative estimate of drug-likeness (QED) is 0.790. The molecule has 6 heteroatoms. The van der Waals surface area contributed by atoms with Crippen molar-refractivity contribution in [3.63, 3.8) is 0 Å². The Morgan fingerprint density at radius 2 is 2.05 bits per heavy atom. The fraction of sp³-hybridized carbons (Fsp3) is 0.214. The number of hydrogen-bond acceptors (Lipinski definition) is 4. The number of carbonyl (C=O) groups is 2. The molecule has 0 saturated carbocycles. The predicted molar refractivity (Wildman–Crippen MR) is 70.0 cm³/mol. The van der Waals surface area contributed by atoms with E-state index in [1.165, 1.54) is 32.2 Å². The lowest BCUT2D eigenvalue weighted by Crippen LogP contribution is -2.11. The lowest BCUT2D eigenvalue weighted by atomic mass is 10.1. The van der Waals surface area contributed by atoms with Gasteiger partial charge in [-0.15, -0.1) is 0 Å². The number of hydrogen-bond donors (Lipinski definition) is 0. The molecule has 104 valence electrons. The predicted octanol–water partition coefficient (Wildman–Crippen LogP) is 2.44. The van der Waals surface area contributed by atoms with Crippen LogP contribution in [0.1, 0.15) is 27.8 Å². The van der Waals surface area contributed by atoms with Gasteiger partial charge in [0.1, 0.15) is 17.1 Å². The molecule has 0 aliphatic carbocycles. The van der Waals surface area contributed by atoms with Crippen LogP contribution >= 0.6 is 0 Å². The van der Waals surface area contributed by atoms with Gasteiger partial charge in [-0.05, 0) is 19.1 Å². The highest BCUT2D eigenvalue weighted by Gasteiger charge is 2.24. The minimum Gasteiger partial charge on any atom is -0.465 e. The molecule has 0 amide bonds. The van der Waals surface area contributed by atoms with Crippen LogP contribution in [0.5, 0.6) is 0 Å². The van der Waals surface area contributed by atoms with E-state index in [0.717, 1.165) is 4.68 Å². The number of carbonyl (C=O) groups excluding carboxylic acids is 2. The molecule has 0 spiro atoms. The fourth-order valence-electron chi connectivity index (χ4n) is 1.99. The van der Waals surface area contributed by atoms with Gasteiger partial charge in [-0.2, -0.15) is 5.10 Å². The van der Waals surface area contributed by atoms with Crippen LogP contribution in [0.3, 0.4) is 0 Å². The van der Waals surface area contributed by atoms with Crippen molar-refractivity contribution in [2.75, 3.05) is 7.11 Å². The summed E-state index contributed by atoms with van der Waals surface area (Å²) in [4.78, 5) is 23.4. The van der Waals surface area contributed by atoms with E-state index in [2.05, 4.69) is 5.10 Å². The van der Waals surface area contributed by atoms with Crippen LogP contribution in [-0.4, -0.2) is 28.8 Å². The zero-order chi connectivity index (χ0) is 14.9. The Morgan fingerprint density at radius 3 is 2.60 bits per heavy atom. The molecule has 1 aromatic heterocycles. The van der Waals surface area contributed by atoms with Gasteiger partial charge in [-0.3, -0.25) is 4.79 Å². The fourth-order valence-corrected chi connectivity index (χ4v) is 1.99. The third-order valence-corrected chi connectivity index (χ3v) is 2.90. The highest BCUT2D eigenvalue weighted by molar-refractivity contribution is 5.98. The maximum Gasteiger partial charge on any atom is 0.342 e. The summed E-state index contributed by atoms with van der Waals surface area (Å²) in [5, 5.41) is 4.09. The van der Waals surface area contributed by atoms with Crippen LogP contribution in [-0.2, 0) is 4.74 Å². The second-order valence-electron chi connectivity index (χ2n) is 4.24. The van der Waals surface area contributed by atoms with E-state index >= 15 is 0 Å². The Balaban J connectivity index is 2.71. The number of rotatable bonds is 2. The molecule has 2 rings (SSSR count). The first-order chi connectivity index (χ1) is 9.45. The van der Waals surface area contributed by atoms with E-state index < -0.39 is 11.8 Å². The number of nitrogens with zero attached hydrogens (tertiary/aromatic N) is 2. The number of halogens is 1. The van der Waals surface area contributed by atoms with Gasteiger partial charge in [0.2, 0.25) is 5.91 Å². The number of aromatic nitrogens is 2. The summed E-state index contributed by atoms with van der Waals surface area (Å²) >= 11 is 0. The van der Waals surface area contributed by atoms with Crippen molar-refractivity contribution < 1.29 is 18.7 Å². The molecule has 0 fully saturated rings. The van der Waals surface area contributed by atoms with Crippen LogP contribution < -0.4 is 0 Å². The molecule has 0 saturated heterocycles. The third-order valence-electron chi connectivity index (χ3n) is 2.90. The molecule has 0 unspecified atom stereocenters. The van der Waals surface area contributed by atoms with E-state index in [9.17, 15) is 14.0 Å². The summed E-state index contributed by atoms with van der Waals surface area (Å²) < 4.78 is 19.1. The highest BCUT2D eigenvalue weighted by atomic mass is 19.1. The number of methoxy groups -OCH3 is 1. The molecule has 5 nitrogen and oxygen atoms in total. The minimum atomic E-state index is -0.616. The molecule has 0 aliphatic rings. The Hall–Kier alpha value is -2.50. The van der Waals surface area contributed by atoms with Crippen LogP contribution in [0.15, 0.2) is 24.3 Å². The summed E-state index contributed by atoms with van der Waals surface area (Å²) in [6.45, 7) is 2.92. The average molecular weight is 276 g/mol. The Kier molecular flexibility index (Phi) is 3.65. The monoisotopic (exact) mass is 276 g/mol. The van der Waals surface area contributed by atoms with Crippen molar-refractivity contribution >= 4 is 11.9 Å². The zero-order valence-corrected chi connectivity index (χ0v) is 11.3.